The molecule has 0 radical (unpaired) electrons. The Balaban J connectivity index is 2.14. The van der Waals surface area contributed by atoms with Crippen molar-refractivity contribution in [2.24, 2.45) is 0 Å². The quantitative estimate of drug-likeness (QED) is 0.590. The molecule has 1 aliphatic heterocycles. The highest BCUT2D eigenvalue weighted by Crippen LogP contribution is 2.24. The molecule has 0 amide bonds. The molecule has 0 spiro atoms. The minimum Gasteiger partial charge on any atom is -0.352 e. The Kier molecular flexibility index (Phi) is 2.82. The summed E-state index contributed by atoms with van der Waals surface area (Å²) in [5.41, 5.74) is 0.321. The Morgan fingerprint density at radius 3 is 3.00 bits per heavy atom. The molecular weight excluding hydrogens is 136 g/mol. The summed E-state index contributed by atoms with van der Waals surface area (Å²) < 4.78 is 10.6. The molecular formula is C6H12O2S. The highest BCUT2D eigenvalue weighted by molar-refractivity contribution is 7.99. The van der Waals surface area contributed by atoms with Gasteiger partial charge in [-0.3, -0.25) is 0 Å². The average molecular weight is 148 g/mol. The predicted octanol–water partition coefficient (Wildman–Crippen LogP) is 1.46. The van der Waals surface area contributed by atoms with Gasteiger partial charge in [-0.25, -0.2) is 0 Å². The second kappa shape index (κ2) is 3.44. The van der Waals surface area contributed by atoms with Gasteiger partial charge in [0.05, 0.1) is 0 Å². The van der Waals surface area contributed by atoms with Crippen molar-refractivity contribution >= 4 is 11.8 Å². The van der Waals surface area contributed by atoms with Crippen LogP contribution in [-0.4, -0.2) is 24.1 Å². The standard InChI is InChI=1S/C6H12O2S/c1-3-7-6-4-9-5(2)8-6/h5-6H,3-4H2,1-2H3. The first kappa shape index (κ1) is 7.38. The van der Waals surface area contributed by atoms with Crippen LogP contribution in [-0.2, 0) is 9.47 Å². The average Bonchev–Trinajstić information content (AvgIpc) is 2.17. The van der Waals surface area contributed by atoms with Gasteiger partial charge in [0.15, 0.2) is 6.29 Å². The zero-order valence-electron chi connectivity index (χ0n) is 5.79. The monoisotopic (exact) mass is 148 g/mol. The molecule has 2 nitrogen and oxygen atoms in total. The Morgan fingerprint density at radius 1 is 1.78 bits per heavy atom. The normalized spacial score (nSPS) is 35.3. The van der Waals surface area contributed by atoms with E-state index in [0.717, 1.165) is 12.4 Å². The highest BCUT2D eigenvalue weighted by Gasteiger charge is 2.21. The molecule has 0 aromatic carbocycles. The molecule has 2 atom stereocenters. The predicted molar refractivity (Wildman–Crippen MR) is 38.4 cm³/mol. The number of rotatable bonds is 2. The van der Waals surface area contributed by atoms with Gasteiger partial charge in [-0.15, -0.1) is 11.8 Å². The molecule has 2 unspecified atom stereocenters. The van der Waals surface area contributed by atoms with Crippen LogP contribution < -0.4 is 0 Å². The number of thioether (sulfide) groups is 1. The van der Waals surface area contributed by atoms with E-state index in [-0.39, 0.29) is 6.29 Å². The maximum absolute atomic E-state index is 5.34. The Hall–Kier alpha value is 0.270. The zero-order chi connectivity index (χ0) is 6.69. The van der Waals surface area contributed by atoms with Gasteiger partial charge in [-0.1, -0.05) is 0 Å². The minimum atomic E-state index is 0.0509. The molecule has 0 bridgehead atoms. The lowest BCUT2D eigenvalue weighted by Crippen LogP contribution is -2.14. The van der Waals surface area contributed by atoms with Gasteiger partial charge in [-0.2, -0.15) is 0 Å². The third-order valence-corrected chi connectivity index (χ3v) is 2.21. The lowest BCUT2D eigenvalue weighted by atomic mass is 10.7. The van der Waals surface area contributed by atoms with Crippen molar-refractivity contribution in [2.45, 2.75) is 25.6 Å². The van der Waals surface area contributed by atoms with Crippen LogP contribution in [0.5, 0.6) is 0 Å². The van der Waals surface area contributed by atoms with Crippen LogP contribution in [0.3, 0.4) is 0 Å². The van der Waals surface area contributed by atoms with Gasteiger partial charge in [0, 0.05) is 12.4 Å². The van der Waals surface area contributed by atoms with Crippen LogP contribution >= 0.6 is 11.8 Å². The van der Waals surface area contributed by atoms with E-state index in [0.29, 0.717) is 5.44 Å². The van der Waals surface area contributed by atoms with Crippen LogP contribution in [0.25, 0.3) is 0 Å². The maximum atomic E-state index is 5.34. The molecule has 1 heterocycles. The molecule has 0 aliphatic carbocycles. The number of hydrogen-bond acceptors (Lipinski definition) is 3. The third kappa shape index (κ3) is 2.16. The fourth-order valence-electron chi connectivity index (χ4n) is 0.780. The van der Waals surface area contributed by atoms with E-state index in [4.69, 9.17) is 9.47 Å². The molecule has 1 aliphatic rings. The zero-order valence-corrected chi connectivity index (χ0v) is 6.61. The lowest BCUT2D eigenvalue weighted by Gasteiger charge is -2.08. The molecule has 1 saturated heterocycles. The lowest BCUT2D eigenvalue weighted by molar-refractivity contribution is -0.118. The maximum Gasteiger partial charge on any atom is 0.168 e. The first-order chi connectivity index (χ1) is 4.33. The largest absolute Gasteiger partial charge is 0.352 e. The van der Waals surface area contributed by atoms with Crippen molar-refractivity contribution in [3.8, 4) is 0 Å². The molecule has 0 aromatic heterocycles. The fraction of sp³-hybridized carbons (Fsp3) is 1.00. The van der Waals surface area contributed by atoms with Crippen molar-refractivity contribution in [3.05, 3.63) is 0 Å². The van der Waals surface area contributed by atoms with Crippen LogP contribution in [0.2, 0.25) is 0 Å². The minimum absolute atomic E-state index is 0.0509. The van der Waals surface area contributed by atoms with Crippen molar-refractivity contribution in [3.63, 3.8) is 0 Å². The molecule has 1 rings (SSSR count). The molecule has 0 aromatic rings. The fourth-order valence-corrected chi connectivity index (χ4v) is 1.59. The summed E-state index contributed by atoms with van der Waals surface area (Å²) in [7, 11) is 0. The first-order valence-electron chi connectivity index (χ1n) is 3.21. The summed E-state index contributed by atoms with van der Waals surface area (Å²) in [6, 6.07) is 0. The second-order valence-electron chi connectivity index (χ2n) is 1.92. The van der Waals surface area contributed by atoms with E-state index >= 15 is 0 Å². The van der Waals surface area contributed by atoms with E-state index < -0.39 is 0 Å². The molecule has 3 heteroatoms. The number of ether oxygens (including phenoxy) is 2. The smallest absolute Gasteiger partial charge is 0.168 e. The van der Waals surface area contributed by atoms with E-state index in [9.17, 15) is 0 Å². The van der Waals surface area contributed by atoms with E-state index in [1.54, 1.807) is 11.8 Å². The molecule has 0 saturated carbocycles. The van der Waals surface area contributed by atoms with Gasteiger partial charge in [0.1, 0.15) is 5.44 Å². The van der Waals surface area contributed by atoms with Crippen LogP contribution in [0, 0.1) is 0 Å². The second-order valence-corrected chi connectivity index (χ2v) is 3.25. The molecule has 54 valence electrons. The first-order valence-corrected chi connectivity index (χ1v) is 4.26. The summed E-state index contributed by atoms with van der Waals surface area (Å²) >= 11 is 1.80. The van der Waals surface area contributed by atoms with E-state index in [2.05, 4.69) is 0 Å². The summed E-state index contributed by atoms with van der Waals surface area (Å²) in [6.45, 7) is 4.78. The molecule has 1 fully saturated rings. The van der Waals surface area contributed by atoms with Gasteiger partial charge in [0.2, 0.25) is 0 Å². The SMILES string of the molecule is CCOC1CSC(C)O1. The van der Waals surface area contributed by atoms with Crippen molar-refractivity contribution in [1.82, 2.24) is 0 Å². The van der Waals surface area contributed by atoms with Gasteiger partial charge in [-0.05, 0) is 13.8 Å². The summed E-state index contributed by atoms with van der Waals surface area (Å²) in [4.78, 5) is 0. The van der Waals surface area contributed by atoms with Crippen LogP contribution in [0.1, 0.15) is 13.8 Å². The van der Waals surface area contributed by atoms with Gasteiger partial charge >= 0.3 is 0 Å². The van der Waals surface area contributed by atoms with Crippen molar-refractivity contribution < 1.29 is 9.47 Å². The van der Waals surface area contributed by atoms with E-state index in [1.165, 1.54) is 0 Å². The van der Waals surface area contributed by atoms with Crippen molar-refractivity contribution in [1.29, 1.82) is 0 Å². The van der Waals surface area contributed by atoms with Crippen molar-refractivity contribution in [2.75, 3.05) is 12.4 Å². The Labute approximate surface area is 59.9 Å². The van der Waals surface area contributed by atoms with Crippen LogP contribution in [0.15, 0.2) is 0 Å². The topological polar surface area (TPSA) is 18.5 Å². The number of hydrogen-bond donors (Lipinski definition) is 0. The van der Waals surface area contributed by atoms with E-state index in [1.807, 2.05) is 13.8 Å². The third-order valence-electron chi connectivity index (χ3n) is 1.16. The summed E-state index contributed by atoms with van der Waals surface area (Å²) in [6.07, 6.45) is 0.0509. The summed E-state index contributed by atoms with van der Waals surface area (Å²) in [5, 5.41) is 0. The Morgan fingerprint density at radius 2 is 2.56 bits per heavy atom. The van der Waals surface area contributed by atoms with Crippen LogP contribution in [0.4, 0.5) is 0 Å². The van der Waals surface area contributed by atoms with Gasteiger partial charge in [0.25, 0.3) is 0 Å². The molecule has 9 heavy (non-hydrogen) atoms. The Bertz CT molecular complexity index is 85.1. The van der Waals surface area contributed by atoms with Gasteiger partial charge < -0.3 is 9.47 Å². The molecule has 0 N–H and O–H groups in total. The summed E-state index contributed by atoms with van der Waals surface area (Å²) in [5.74, 6) is 0.981. The highest BCUT2D eigenvalue weighted by atomic mass is 32.2.